The van der Waals surface area contributed by atoms with Crippen LogP contribution >= 0.6 is 11.6 Å². The number of aromatic nitrogens is 2. The molecule has 2 aliphatic rings. The van der Waals surface area contributed by atoms with Crippen LogP contribution in [0.3, 0.4) is 0 Å². The lowest BCUT2D eigenvalue weighted by Crippen LogP contribution is -2.34. The third kappa shape index (κ3) is 3.78. The van der Waals surface area contributed by atoms with E-state index in [2.05, 4.69) is 9.98 Å². The molecule has 0 fully saturated rings. The summed E-state index contributed by atoms with van der Waals surface area (Å²) in [5.74, 6) is -1.09. The third-order valence-corrected chi connectivity index (χ3v) is 5.13. The van der Waals surface area contributed by atoms with Gasteiger partial charge in [-0.15, -0.1) is 0 Å². The minimum absolute atomic E-state index is 0.0377. The van der Waals surface area contributed by atoms with E-state index in [-0.39, 0.29) is 25.0 Å². The van der Waals surface area contributed by atoms with Gasteiger partial charge in [0.1, 0.15) is 11.3 Å². The van der Waals surface area contributed by atoms with Crippen molar-refractivity contribution in [1.29, 1.82) is 0 Å². The molecule has 11 heteroatoms. The topological polar surface area (TPSA) is 115 Å². The Morgan fingerprint density at radius 3 is 2.81 bits per heavy atom. The van der Waals surface area contributed by atoms with Crippen LogP contribution < -0.4 is 5.73 Å². The molecule has 10 nitrogen and oxygen atoms in total. The number of hydrogen-bond acceptors (Lipinski definition) is 8. The van der Waals surface area contributed by atoms with Crippen molar-refractivity contribution in [3.05, 3.63) is 46.5 Å². The van der Waals surface area contributed by atoms with E-state index in [1.54, 1.807) is 61.8 Å². The van der Waals surface area contributed by atoms with Gasteiger partial charge in [-0.25, -0.2) is 14.8 Å². The SMILES string of the molecule is CN1Cc2c(C3N=C(C(=O)OC(C)(C)C)ON3CN)ncn2-c2cccc(Cl)c2C1=O. The summed E-state index contributed by atoms with van der Waals surface area (Å²) in [4.78, 5) is 41.4. The van der Waals surface area contributed by atoms with Gasteiger partial charge in [-0.3, -0.25) is 4.79 Å². The molecule has 2 aromatic rings. The van der Waals surface area contributed by atoms with Gasteiger partial charge in [0, 0.05) is 7.05 Å². The van der Waals surface area contributed by atoms with Crippen LogP contribution in [-0.4, -0.2) is 56.6 Å². The molecule has 0 radical (unpaired) electrons. The highest BCUT2D eigenvalue weighted by Crippen LogP contribution is 2.35. The number of hydrogen-bond donors (Lipinski definition) is 1. The minimum atomic E-state index is -0.770. The van der Waals surface area contributed by atoms with E-state index in [4.69, 9.17) is 26.9 Å². The highest BCUT2D eigenvalue weighted by atomic mass is 35.5. The Bertz CT molecular complexity index is 1090. The monoisotopic (exact) mass is 446 g/mol. The van der Waals surface area contributed by atoms with Gasteiger partial charge in [-0.2, -0.15) is 0 Å². The Morgan fingerprint density at radius 2 is 2.13 bits per heavy atom. The second-order valence-corrected chi connectivity index (χ2v) is 8.65. The van der Waals surface area contributed by atoms with Crippen molar-refractivity contribution in [2.45, 2.75) is 39.1 Å². The summed E-state index contributed by atoms with van der Waals surface area (Å²) in [6.45, 7) is 5.48. The molecule has 1 aromatic heterocycles. The van der Waals surface area contributed by atoms with Crippen molar-refractivity contribution in [3.8, 4) is 5.69 Å². The van der Waals surface area contributed by atoms with E-state index in [0.717, 1.165) is 0 Å². The van der Waals surface area contributed by atoms with E-state index < -0.39 is 17.7 Å². The summed E-state index contributed by atoms with van der Waals surface area (Å²) < 4.78 is 7.15. The van der Waals surface area contributed by atoms with Crippen LogP contribution in [0.4, 0.5) is 0 Å². The molecular formula is C20H23ClN6O4. The summed E-state index contributed by atoms with van der Waals surface area (Å²) in [7, 11) is 1.68. The van der Waals surface area contributed by atoms with Gasteiger partial charge in [-0.05, 0) is 32.9 Å². The number of rotatable bonds is 3. The Morgan fingerprint density at radius 1 is 1.39 bits per heavy atom. The van der Waals surface area contributed by atoms with Crippen LogP contribution in [0.2, 0.25) is 5.02 Å². The number of halogens is 1. The van der Waals surface area contributed by atoms with E-state index >= 15 is 0 Å². The second kappa shape index (κ2) is 7.63. The summed E-state index contributed by atoms with van der Waals surface area (Å²) in [5.41, 5.74) is 7.36. The number of aliphatic imine (C=N–C) groups is 1. The first kappa shape index (κ1) is 21.3. The van der Waals surface area contributed by atoms with E-state index in [0.29, 0.717) is 27.7 Å². The molecule has 164 valence electrons. The maximum Gasteiger partial charge on any atom is 0.396 e. The maximum absolute atomic E-state index is 12.9. The maximum atomic E-state index is 12.9. The molecule has 2 N–H and O–H groups in total. The van der Waals surface area contributed by atoms with Crippen LogP contribution in [0.25, 0.3) is 5.69 Å². The fraction of sp³-hybridized carbons (Fsp3) is 0.400. The first-order chi connectivity index (χ1) is 14.6. The molecule has 1 amide bonds. The van der Waals surface area contributed by atoms with Crippen molar-refractivity contribution in [3.63, 3.8) is 0 Å². The van der Waals surface area contributed by atoms with Crippen LogP contribution in [0, 0.1) is 0 Å². The smallest absolute Gasteiger partial charge is 0.396 e. The molecule has 0 spiro atoms. The molecule has 0 saturated heterocycles. The van der Waals surface area contributed by atoms with Crippen molar-refractivity contribution >= 4 is 29.4 Å². The molecule has 0 aliphatic carbocycles. The predicted octanol–water partition coefficient (Wildman–Crippen LogP) is 2.01. The average Bonchev–Trinajstić information content (AvgIpc) is 3.27. The Balaban J connectivity index is 1.78. The molecule has 3 heterocycles. The summed E-state index contributed by atoms with van der Waals surface area (Å²) in [6, 6.07) is 5.24. The van der Waals surface area contributed by atoms with Gasteiger partial charge < -0.3 is 24.8 Å². The number of nitrogens with two attached hydrogens (primary N) is 1. The lowest BCUT2D eigenvalue weighted by Gasteiger charge is -2.21. The zero-order chi connectivity index (χ0) is 22.5. The van der Waals surface area contributed by atoms with Crippen LogP contribution in [0.5, 0.6) is 0 Å². The average molecular weight is 447 g/mol. The van der Waals surface area contributed by atoms with Gasteiger partial charge >= 0.3 is 11.9 Å². The summed E-state index contributed by atoms with van der Waals surface area (Å²) in [5, 5.41) is 1.70. The lowest BCUT2D eigenvalue weighted by atomic mass is 10.1. The summed E-state index contributed by atoms with van der Waals surface area (Å²) in [6.07, 6.45) is 0.829. The number of amides is 1. The van der Waals surface area contributed by atoms with Crippen molar-refractivity contribution in [1.82, 2.24) is 19.5 Å². The predicted molar refractivity (Wildman–Crippen MR) is 112 cm³/mol. The number of hydroxylamine groups is 2. The van der Waals surface area contributed by atoms with E-state index in [1.807, 2.05) is 0 Å². The molecule has 1 unspecified atom stereocenters. The Labute approximate surface area is 184 Å². The lowest BCUT2D eigenvalue weighted by molar-refractivity contribution is -0.152. The first-order valence-electron chi connectivity index (χ1n) is 9.67. The molecular weight excluding hydrogens is 424 g/mol. The van der Waals surface area contributed by atoms with Crippen molar-refractivity contribution in [2.75, 3.05) is 13.7 Å². The molecule has 31 heavy (non-hydrogen) atoms. The zero-order valence-electron chi connectivity index (χ0n) is 17.6. The molecule has 2 aliphatic heterocycles. The Hall–Kier alpha value is -2.95. The zero-order valence-corrected chi connectivity index (χ0v) is 18.4. The molecule has 0 saturated carbocycles. The fourth-order valence-corrected chi connectivity index (χ4v) is 3.74. The molecule has 1 aromatic carbocycles. The van der Waals surface area contributed by atoms with Crippen LogP contribution in [0.15, 0.2) is 29.5 Å². The molecule has 4 rings (SSSR count). The van der Waals surface area contributed by atoms with E-state index in [1.165, 1.54) is 5.06 Å². The molecule has 0 bridgehead atoms. The van der Waals surface area contributed by atoms with E-state index in [9.17, 15) is 9.59 Å². The number of esters is 1. The number of benzene rings is 1. The number of nitrogens with zero attached hydrogens (tertiary/aromatic N) is 5. The quantitative estimate of drug-likeness (QED) is 0.717. The standard InChI is InChI=1S/C20H23ClN6O4/c1-20(2,3)30-19(29)17-24-16(27(9-22)31-17)15-13-8-25(4)18(28)14-11(21)6-5-7-12(14)26(13)10-23-15/h5-7,10,16H,8-9,22H2,1-4H3. The summed E-state index contributed by atoms with van der Waals surface area (Å²) >= 11 is 6.33. The Kier molecular flexibility index (Phi) is 5.24. The van der Waals surface area contributed by atoms with Crippen molar-refractivity contribution < 1.29 is 19.2 Å². The largest absolute Gasteiger partial charge is 0.453 e. The van der Waals surface area contributed by atoms with Gasteiger partial charge in [0.25, 0.3) is 5.91 Å². The van der Waals surface area contributed by atoms with Crippen LogP contribution in [0.1, 0.15) is 48.7 Å². The van der Waals surface area contributed by atoms with Crippen molar-refractivity contribution in [2.24, 2.45) is 10.7 Å². The number of fused-ring (bicyclic) bond motifs is 3. The number of carbonyl (C=O) groups excluding carboxylic acids is 2. The number of carbonyl (C=O) groups is 2. The van der Waals surface area contributed by atoms with Gasteiger partial charge in [0.2, 0.25) is 0 Å². The first-order valence-corrected chi connectivity index (χ1v) is 10.0. The normalized spacial score (nSPS) is 18.8. The van der Waals surface area contributed by atoms with Gasteiger partial charge in [0.15, 0.2) is 6.17 Å². The fourth-order valence-electron chi connectivity index (χ4n) is 3.49. The third-order valence-electron chi connectivity index (χ3n) is 4.81. The molecule has 1 atom stereocenters. The highest BCUT2D eigenvalue weighted by molar-refractivity contribution is 6.34. The van der Waals surface area contributed by atoms with Gasteiger partial charge in [0.05, 0.1) is 41.5 Å². The second-order valence-electron chi connectivity index (χ2n) is 8.24. The van der Waals surface area contributed by atoms with Crippen LogP contribution in [-0.2, 0) is 20.9 Å². The highest BCUT2D eigenvalue weighted by Gasteiger charge is 2.39. The number of imidazole rings is 1. The number of ether oxygens (including phenoxy) is 1. The van der Waals surface area contributed by atoms with Gasteiger partial charge in [-0.1, -0.05) is 22.7 Å². The minimum Gasteiger partial charge on any atom is -0.453 e.